The molecule has 5 nitrogen and oxygen atoms in total. The summed E-state index contributed by atoms with van der Waals surface area (Å²) >= 11 is 5.75. The molecule has 2 aromatic carbocycles. The summed E-state index contributed by atoms with van der Waals surface area (Å²) < 4.78 is 5.49. The topological polar surface area (TPSA) is 78.4 Å². The van der Waals surface area contributed by atoms with Crippen LogP contribution in [-0.4, -0.2) is 4.92 Å². The molecule has 0 saturated heterocycles. The van der Waals surface area contributed by atoms with Crippen molar-refractivity contribution in [3.8, 4) is 11.5 Å². The monoisotopic (exact) mass is 264 g/mol. The molecule has 0 saturated carbocycles. The van der Waals surface area contributed by atoms with Crippen LogP contribution in [0.5, 0.6) is 11.5 Å². The summed E-state index contributed by atoms with van der Waals surface area (Å²) in [6.07, 6.45) is 0. The average Bonchev–Trinajstić information content (AvgIpc) is 2.34. The molecule has 0 bridgehead atoms. The van der Waals surface area contributed by atoms with E-state index in [2.05, 4.69) is 0 Å². The van der Waals surface area contributed by atoms with Crippen LogP contribution in [-0.2, 0) is 0 Å². The second kappa shape index (κ2) is 4.93. The van der Waals surface area contributed by atoms with Gasteiger partial charge in [-0.15, -0.1) is 0 Å². The fourth-order valence-electron chi connectivity index (χ4n) is 1.37. The maximum atomic E-state index is 10.6. The van der Waals surface area contributed by atoms with Crippen molar-refractivity contribution in [2.24, 2.45) is 0 Å². The molecule has 2 N–H and O–H groups in total. The summed E-state index contributed by atoms with van der Waals surface area (Å²) in [7, 11) is 0. The van der Waals surface area contributed by atoms with Crippen molar-refractivity contribution in [1.82, 2.24) is 0 Å². The van der Waals surface area contributed by atoms with Gasteiger partial charge in [0.2, 0.25) is 0 Å². The van der Waals surface area contributed by atoms with E-state index < -0.39 is 4.92 Å². The van der Waals surface area contributed by atoms with E-state index in [0.717, 1.165) is 0 Å². The Balaban J connectivity index is 2.24. The third-order valence-corrected chi connectivity index (χ3v) is 2.50. The van der Waals surface area contributed by atoms with Crippen molar-refractivity contribution < 1.29 is 9.66 Å². The molecule has 0 atom stereocenters. The van der Waals surface area contributed by atoms with Crippen molar-refractivity contribution in [3.05, 3.63) is 57.6 Å². The Hall–Kier alpha value is -2.27. The van der Waals surface area contributed by atoms with Crippen LogP contribution in [0.2, 0.25) is 5.02 Å². The molecular formula is C12H9ClN2O3. The molecule has 92 valence electrons. The van der Waals surface area contributed by atoms with Gasteiger partial charge in [0.05, 0.1) is 10.6 Å². The van der Waals surface area contributed by atoms with Crippen LogP contribution in [0.3, 0.4) is 0 Å². The maximum Gasteiger partial charge on any atom is 0.271 e. The number of halogens is 1. The number of nitrogen functional groups attached to an aromatic ring is 1. The van der Waals surface area contributed by atoms with Crippen LogP contribution in [0.1, 0.15) is 0 Å². The van der Waals surface area contributed by atoms with E-state index in [1.165, 1.54) is 18.2 Å². The third kappa shape index (κ3) is 2.70. The summed E-state index contributed by atoms with van der Waals surface area (Å²) in [5.74, 6) is 0.919. The van der Waals surface area contributed by atoms with Gasteiger partial charge in [-0.05, 0) is 30.3 Å². The van der Waals surface area contributed by atoms with Crippen LogP contribution in [0.15, 0.2) is 42.5 Å². The molecule has 0 spiro atoms. The zero-order chi connectivity index (χ0) is 13.1. The van der Waals surface area contributed by atoms with Crippen molar-refractivity contribution in [2.45, 2.75) is 0 Å². The molecule has 0 aliphatic heterocycles. The van der Waals surface area contributed by atoms with Gasteiger partial charge in [-0.25, -0.2) is 0 Å². The molecule has 0 aliphatic carbocycles. The number of hydrogen-bond acceptors (Lipinski definition) is 4. The predicted molar refractivity (Wildman–Crippen MR) is 69.0 cm³/mol. The molecule has 6 heteroatoms. The lowest BCUT2D eigenvalue weighted by atomic mass is 10.2. The number of nitro benzene ring substituents is 1. The Morgan fingerprint density at radius 1 is 1.17 bits per heavy atom. The van der Waals surface area contributed by atoms with Gasteiger partial charge in [0.25, 0.3) is 5.69 Å². The first-order valence-electron chi connectivity index (χ1n) is 5.03. The molecule has 0 fully saturated rings. The highest BCUT2D eigenvalue weighted by atomic mass is 35.5. The van der Waals surface area contributed by atoms with E-state index in [9.17, 15) is 10.1 Å². The fourth-order valence-corrected chi connectivity index (χ4v) is 1.50. The average molecular weight is 265 g/mol. The normalized spacial score (nSPS) is 10.1. The van der Waals surface area contributed by atoms with Gasteiger partial charge in [-0.1, -0.05) is 11.6 Å². The van der Waals surface area contributed by atoms with Gasteiger partial charge in [0.15, 0.2) is 5.75 Å². The minimum atomic E-state index is -0.511. The molecule has 0 aliphatic rings. The number of hydrogen-bond donors (Lipinski definition) is 1. The number of rotatable bonds is 3. The minimum Gasteiger partial charge on any atom is -0.455 e. The summed E-state index contributed by atoms with van der Waals surface area (Å²) in [5.41, 5.74) is 5.82. The van der Waals surface area contributed by atoms with Crippen LogP contribution in [0.4, 0.5) is 11.4 Å². The van der Waals surface area contributed by atoms with E-state index in [1.54, 1.807) is 24.3 Å². The van der Waals surface area contributed by atoms with Crippen LogP contribution < -0.4 is 10.5 Å². The predicted octanol–water partition coefficient (Wildman–Crippen LogP) is 3.62. The van der Waals surface area contributed by atoms with E-state index in [4.69, 9.17) is 22.1 Å². The Bertz CT molecular complexity index is 584. The maximum absolute atomic E-state index is 10.6. The quantitative estimate of drug-likeness (QED) is 0.522. The van der Waals surface area contributed by atoms with Crippen molar-refractivity contribution in [2.75, 3.05) is 5.73 Å². The fraction of sp³-hybridized carbons (Fsp3) is 0. The Kier molecular flexibility index (Phi) is 3.34. The van der Waals surface area contributed by atoms with Crippen LogP contribution in [0, 0.1) is 10.1 Å². The molecule has 0 amide bonds. The number of nitro groups is 1. The van der Waals surface area contributed by atoms with Gasteiger partial charge in [0, 0.05) is 17.2 Å². The SMILES string of the molecule is Nc1cc([N+](=O)[O-])ccc1Oc1ccc(Cl)cc1. The highest BCUT2D eigenvalue weighted by Crippen LogP contribution is 2.30. The molecule has 0 heterocycles. The van der Waals surface area contributed by atoms with E-state index in [0.29, 0.717) is 16.5 Å². The van der Waals surface area contributed by atoms with Gasteiger partial charge < -0.3 is 10.5 Å². The number of anilines is 1. The molecular weight excluding hydrogens is 256 g/mol. The first kappa shape index (κ1) is 12.2. The zero-order valence-corrected chi connectivity index (χ0v) is 9.92. The highest BCUT2D eigenvalue weighted by Gasteiger charge is 2.10. The number of benzene rings is 2. The summed E-state index contributed by atoms with van der Waals surface area (Å²) in [6, 6.07) is 10.8. The minimum absolute atomic E-state index is 0.0732. The Morgan fingerprint density at radius 2 is 1.83 bits per heavy atom. The smallest absolute Gasteiger partial charge is 0.271 e. The van der Waals surface area contributed by atoms with E-state index in [-0.39, 0.29) is 11.4 Å². The molecule has 0 unspecified atom stereocenters. The molecule has 2 rings (SSSR count). The van der Waals surface area contributed by atoms with Gasteiger partial charge >= 0.3 is 0 Å². The number of nitrogens with zero attached hydrogens (tertiary/aromatic N) is 1. The number of ether oxygens (including phenoxy) is 1. The van der Waals surface area contributed by atoms with Gasteiger partial charge in [0.1, 0.15) is 5.75 Å². The van der Waals surface area contributed by atoms with E-state index >= 15 is 0 Å². The third-order valence-electron chi connectivity index (χ3n) is 2.25. The van der Waals surface area contributed by atoms with Crippen LogP contribution >= 0.6 is 11.6 Å². The lowest BCUT2D eigenvalue weighted by Gasteiger charge is -2.08. The largest absolute Gasteiger partial charge is 0.455 e. The summed E-state index contributed by atoms with van der Waals surface area (Å²) in [4.78, 5) is 10.0. The Labute approximate surface area is 108 Å². The van der Waals surface area contributed by atoms with Crippen molar-refractivity contribution in [3.63, 3.8) is 0 Å². The molecule has 18 heavy (non-hydrogen) atoms. The Morgan fingerprint density at radius 3 is 2.39 bits per heavy atom. The number of nitrogens with two attached hydrogens (primary N) is 1. The lowest BCUT2D eigenvalue weighted by molar-refractivity contribution is -0.384. The molecule has 2 aromatic rings. The van der Waals surface area contributed by atoms with Gasteiger partial charge in [-0.2, -0.15) is 0 Å². The van der Waals surface area contributed by atoms with Crippen LogP contribution in [0.25, 0.3) is 0 Å². The van der Waals surface area contributed by atoms with Crippen molar-refractivity contribution in [1.29, 1.82) is 0 Å². The number of non-ortho nitro benzene ring substituents is 1. The molecule has 0 aromatic heterocycles. The summed E-state index contributed by atoms with van der Waals surface area (Å²) in [6.45, 7) is 0. The van der Waals surface area contributed by atoms with E-state index in [1.807, 2.05) is 0 Å². The highest BCUT2D eigenvalue weighted by molar-refractivity contribution is 6.30. The first-order valence-corrected chi connectivity index (χ1v) is 5.41. The zero-order valence-electron chi connectivity index (χ0n) is 9.17. The second-order valence-electron chi connectivity index (χ2n) is 3.54. The second-order valence-corrected chi connectivity index (χ2v) is 3.97. The standard InChI is InChI=1S/C12H9ClN2O3/c13-8-1-4-10(5-2-8)18-12-6-3-9(15(16)17)7-11(12)14/h1-7H,14H2. The molecule has 0 radical (unpaired) electrons. The van der Waals surface area contributed by atoms with Crippen molar-refractivity contribution >= 4 is 23.0 Å². The summed E-state index contributed by atoms with van der Waals surface area (Å²) in [5, 5.41) is 11.2. The van der Waals surface area contributed by atoms with Gasteiger partial charge in [-0.3, -0.25) is 10.1 Å². The lowest BCUT2D eigenvalue weighted by Crippen LogP contribution is -1.94. The first-order chi connectivity index (χ1) is 8.56.